The van der Waals surface area contributed by atoms with Gasteiger partial charge < -0.3 is 4.74 Å². The Morgan fingerprint density at radius 1 is 1.60 bits per heavy atom. The smallest absolute Gasteiger partial charge is 0.435 e. The van der Waals surface area contributed by atoms with Crippen LogP contribution in [0.4, 0.5) is 13.2 Å². The average Bonchev–Trinajstić information content (AvgIpc) is 2.47. The van der Waals surface area contributed by atoms with Gasteiger partial charge in [0.05, 0.1) is 6.61 Å². The standard InChI is InChI=1S/C8H9F3N2O2/c1-3-15-7(14)5-4-6(8(9,10)11)12-13(5)2/h4H,3H2,1-2H3. The van der Waals surface area contributed by atoms with E-state index >= 15 is 0 Å². The van der Waals surface area contributed by atoms with Gasteiger partial charge in [0.1, 0.15) is 5.69 Å². The molecule has 84 valence electrons. The lowest BCUT2D eigenvalue weighted by Gasteiger charge is -1.99. The molecular formula is C8H9F3N2O2. The highest BCUT2D eigenvalue weighted by molar-refractivity contribution is 5.87. The van der Waals surface area contributed by atoms with Gasteiger partial charge in [0.25, 0.3) is 0 Å². The summed E-state index contributed by atoms with van der Waals surface area (Å²) in [4.78, 5) is 11.2. The summed E-state index contributed by atoms with van der Waals surface area (Å²) in [6.45, 7) is 1.67. The number of carbonyl (C=O) groups excluding carboxylic acids is 1. The van der Waals surface area contributed by atoms with Crippen molar-refractivity contribution in [3.05, 3.63) is 17.5 Å². The number of aromatic nitrogens is 2. The summed E-state index contributed by atoms with van der Waals surface area (Å²) < 4.78 is 42.0. The van der Waals surface area contributed by atoms with Crippen molar-refractivity contribution in [1.82, 2.24) is 9.78 Å². The van der Waals surface area contributed by atoms with Gasteiger partial charge in [-0.15, -0.1) is 0 Å². The van der Waals surface area contributed by atoms with E-state index in [1.165, 1.54) is 7.05 Å². The number of nitrogens with zero attached hydrogens (tertiary/aromatic N) is 2. The van der Waals surface area contributed by atoms with Crippen molar-refractivity contribution in [2.75, 3.05) is 6.61 Å². The van der Waals surface area contributed by atoms with Crippen LogP contribution in [0.25, 0.3) is 0 Å². The van der Waals surface area contributed by atoms with Crippen LogP contribution in [0.3, 0.4) is 0 Å². The molecule has 1 heterocycles. The fraction of sp³-hybridized carbons (Fsp3) is 0.500. The van der Waals surface area contributed by atoms with Crippen molar-refractivity contribution in [2.24, 2.45) is 7.05 Å². The van der Waals surface area contributed by atoms with Crippen LogP contribution in [-0.2, 0) is 18.0 Å². The molecule has 0 unspecified atom stereocenters. The summed E-state index contributed by atoms with van der Waals surface area (Å²) >= 11 is 0. The van der Waals surface area contributed by atoms with Crippen LogP contribution in [-0.4, -0.2) is 22.4 Å². The molecule has 1 aromatic heterocycles. The Morgan fingerprint density at radius 3 is 2.60 bits per heavy atom. The van der Waals surface area contributed by atoms with Crippen molar-refractivity contribution in [2.45, 2.75) is 13.1 Å². The third-order valence-corrected chi connectivity index (χ3v) is 1.65. The number of esters is 1. The SMILES string of the molecule is CCOC(=O)c1cc(C(F)(F)F)nn1C. The van der Waals surface area contributed by atoms with E-state index < -0.39 is 17.8 Å². The highest BCUT2D eigenvalue weighted by Crippen LogP contribution is 2.28. The minimum Gasteiger partial charge on any atom is -0.461 e. The monoisotopic (exact) mass is 222 g/mol. The summed E-state index contributed by atoms with van der Waals surface area (Å²) in [5.41, 5.74) is -1.32. The molecule has 15 heavy (non-hydrogen) atoms. The maximum Gasteiger partial charge on any atom is 0.435 e. The Balaban J connectivity index is 3.02. The summed E-state index contributed by atoms with van der Waals surface area (Å²) in [6.07, 6.45) is -4.55. The molecule has 1 rings (SSSR count). The maximum atomic E-state index is 12.2. The third-order valence-electron chi connectivity index (χ3n) is 1.65. The normalized spacial score (nSPS) is 11.5. The molecule has 0 saturated carbocycles. The molecule has 7 heteroatoms. The number of hydrogen-bond donors (Lipinski definition) is 0. The van der Waals surface area contributed by atoms with Gasteiger partial charge in [-0.05, 0) is 6.92 Å². The Hall–Kier alpha value is -1.53. The molecule has 0 aliphatic carbocycles. The van der Waals surface area contributed by atoms with E-state index in [2.05, 4.69) is 9.84 Å². The highest BCUT2D eigenvalue weighted by Gasteiger charge is 2.35. The van der Waals surface area contributed by atoms with Gasteiger partial charge >= 0.3 is 12.1 Å². The fourth-order valence-electron chi connectivity index (χ4n) is 1.00. The van der Waals surface area contributed by atoms with E-state index in [9.17, 15) is 18.0 Å². The molecule has 0 fully saturated rings. The van der Waals surface area contributed by atoms with Crippen LogP contribution < -0.4 is 0 Å². The number of alkyl halides is 3. The van der Waals surface area contributed by atoms with Crippen molar-refractivity contribution < 1.29 is 22.7 Å². The molecule has 0 spiro atoms. The predicted octanol–water partition coefficient (Wildman–Crippen LogP) is 1.62. The zero-order valence-electron chi connectivity index (χ0n) is 8.13. The van der Waals surface area contributed by atoms with Crippen LogP contribution >= 0.6 is 0 Å². The molecule has 4 nitrogen and oxygen atoms in total. The summed E-state index contributed by atoms with van der Waals surface area (Å²) in [6, 6.07) is 0.665. The van der Waals surface area contributed by atoms with E-state index in [-0.39, 0.29) is 12.3 Å². The second-order valence-corrected chi connectivity index (χ2v) is 2.76. The second kappa shape index (κ2) is 3.92. The maximum absolute atomic E-state index is 12.2. The molecule has 1 aromatic rings. The van der Waals surface area contributed by atoms with Gasteiger partial charge in [0.2, 0.25) is 0 Å². The lowest BCUT2D eigenvalue weighted by molar-refractivity contribution is -0.141. The van der Waals surface area contributed by atoms with Crippen LogP contribution in [0, 0.1) is 0 Å². The van der Waals surface area contributed by atoms with Gasteiger partial charge in [0, 0.05) is 13.1 Å². The molecule has 0 aliphatic heterocycles. The Labute approximate surface area is 83.6 Å². The molecule has 0 N–H and O–H groups in total. The largest absolute Gasteiger partial charge is 0.461 e. The number of halogens is 3. The van der Waals surface area contributed by atoms with Crippen molar-refractivity contribution in [3.63, 3.8) is 0 Å². The number of ether oxygens (including phenoxy) is 1. The second-order valence-electron chi connectivity index (χ2n) is 2.76. The molecule has 0 saturated heterocycles. The first kappa shape index (κ1) is 11.5. The van der Waals surface area contributed by atoms with Crippen LogP contribution in [0.2, 0.25) is 0 Å². The summed E-state index contributed by atoms with van der Waals surface area (Å²) in [7, 11) is 1.25. The minimum absolute atomic E-state index is 0.103. The molecule has 0 aliphatic rings. The highest BCUT2D eigenvalue weighted by atomic mass is 19.4. The number of hydrogen-bond acceptors (Lipinski definition) is 3. The molecule has 0 bridgehead atoms. The van der Waals surface area contributed by atoms with Gasteiger partial charge in [-0.1, -0.05) is 0 Å². The van der Waals surface area contributed by atoms with Gasteiger partial charge in [-0.25, -0.2) is 4.79 Å². The quantitative estimate of drug-likeness (QED) is 0.714. The summed E-state index contributed by atoms with van der Waals surface area (Å²) in [5.74, 6) is -0.817. The third kappa shape index (κ3) is 2.48. The van der Waals surface area contributed by atoms with Crippen LogP contribution in [0.1, 0.15) is 23.1 Å². The van der Waals surface area contributed by atoms with E-state index in [1.807, 2.05) is 0 Å². The first-order valence-electron chi connectivity index (χ1n) is 4.14. The lowest BCUT2D eigenvalue weighted by atomic mass is 10.3. The minimum atomic E-state index is -4.55. The van der Waals surface area contributed by atoms with E-state index in [1.54, 1.807) is 6.92 Å². The summed E-state index contributed by atoms with van der Waals surface area (Å²) in [5, 5.41) is 3.18. The number of carbonyl (C=O) groups is 1. The van der Waals surface area contributed by atoms with Gasteiger partial charge in [-0.2, -0.15) is 18.3 Å². The van der Waals surface area contributed by atoms with Crippen LogP contribution in [0.15, 0.2) is 6.07 Å². The van der Waals surface area contributed by atoms with Gasteiger partial charge in [-0.3, -0.25) is 4.68 Å². The fourth-order valence-corrected chi connectivity index (χ4v) is 1.00. The Kier molecular flexibility index (Phi) is 3.01. The lowest BCUT2D eigenvalue weighted by Crippen LogP contribution is -2.10. The van der Waals surface area contributed by atoms with Crippen molar-refractivity contribution in [3.8, 4) is 0 Å². The zero-order valence-corrected chi connectivity index (χ0v) is 8.13. The average molecular weight is 222 g/mol. The predicted molar refractivity (Wildman–Crippen MR) is 44.2 cm³/mol. The van der Waals surface area contributed by atoms with E-state index in [4.69, 9.17) is 0 Å². The Morgan fingerprint density at radius 2 is 2.20 bits per heavy atom. The number of rotatable bonds is 2. The van der Waals surface area contributed by atoms with E-state index in [0.29, 0.717) is 6.07 Å². The van der Waals surface area contributed by atoms with Crippen molar-refractivity contribution >= 4 is 5.97 Å². The molecule has 0 amide bonds. The topological polar surface area (TPSA) is 44.1 Å². The first-order chi connectivity index (χ1) is 6.86. The molecule has 0 atom stereocenters. The van der Waals surface area contributed by atoms with Gasteiger partial charge in [0.15, 0.2) is 5.69 Å². The first-order valence-corrected chi connectivity index (χ1v) is 4.14. The molecular weight excluding hydrogens is 213 g/mol. The van der Waals surface area contributed by atoms with Crippen LogP contribution in [0.5, 0.6) is 0 Å². The molecule has 0 radical (unpaired) electrons. The van der Waals surface area contributed by atoms with E-state index in [0.717, 1.165) is 4.68 Å². The number of aryl methyl sites for hydroxylation is 1. The zero-order chi connectivity index (χ0) is 11.6. The van der Waals surface area contributed by atoms with Crippen molar-refractivity contribution in [1.29, 1.82) is 0 Å². The Bertz CT molecular complexity index is 370. The molecule has 0 aromatic carbocycles.